The summed E-state index contributed by atoms with van der Waals surface area (Å²) in [7, 11) is -3.54. The summed E-state index contributed by atoms with van der Waals surface area (Å²) < 4.78 is 23.1. The number of rotatable bonds is 9. The maximum Gasteiger partial charge on any atom is 0.293 e. The Hall–Kier alpha value is -2.94. The second-order valence-corrected chi connectivity index (χ2v) is 8.52. The van der Waals surface area contributed by atoms with Crippen LogP contribution >= 0.6 is 0 Å². The normalized spacial score (nSPS) is 12.2. The van der Waals surface area contributed by atoms with Gasteiger partial charge in [0.25, 0.3) is 5.69 Å². The molecule has 28 heavy (non-hydrogen) atoms. The Labute approximate surface area is 164 Å². The number of nitrogens with one attached hydrogen (secondary N) is 2. The average molecular weight is 405 g/mol. The van der Waals surface area contributed by atoms with Crippen LogP contribution in [0.1, 0.15) is 24.8 Å². The number of benzene rings is 2. The van der Waals surface area contributed by atoms with E-state index in [1.54, 1.807) is 0 Å². The maximum absolute atomic E-state index is 12.1. The van der Waals surface area contributed by atoms with E-state index in [1.807, 2.05) is 37.3 Å². The topological polar surface area (TPSA) is 118 Å². The Balaban J connectivity index is 1.87. The van der Waals surface area contributed by atoms with Gasteiger partial charge < -0.3 is 10.6 Å². The van der Waals surface area contributed by atoms with Crippen LogP contribution in [0.4, 0.5) is 11.4 Å². The van der Waals surface area contributed by atoms with E-state index < -0.39 is 14.8 Å². The van der Waals surface area contributed by atoms with E-state index >= 15 is 0 Å². The summed E-state index contributed by atoms with van der Waals surface area (Å²) in [5.41, 5.74) is 0.952. The van der Waals surface area contributed by atoms with Gasteiger partial charge in [0.2, 0.25) is 5.91 Å². The van der Waals surface area contributed by atoms with E-state index in [0.717, 1.165) is 17.9 Å². The van der Waals surface area contributed by atoms with E-state index in [-0.39, 0.29) is 41.2 Å². The van der Waals surface area contributed by atoms with E-state index in [1.165, 1.54) is 12.1 Å². The molecule has 0 saturated carbocycles. The highest BCUT2D eigenvalue weighted by Crippen LogP contribution is 2.27. The lowest BCUT2D eigenvalue weighted by atomic mass is 9.98. The lowest BCUT2D eigenvalue weighted by Gasteiger charge is -2.13. The summed E-state index contributed by atoms with van der Waals surface area (Å²) in [6.07, 6.45) is 1.33. The fraction of sp³-hybridized carbons (Fsp3) is 0.316. The molecule has 150 valence electrons. The van der Waals surface area contributed by atoms with Crippen LogP contribution in [0.15, 0.2) is 53.4 Å². The predicted molar refractivity (Wildman–Crippen MR) is 107 cm³/mol. The molecule has 1 atom stereocenters. The molecule has 0 aliphatic rings. The van der Waals surface area contributed by atoms with Gasteiger partial charge in [0, 0.05) is 31.8 Å². The molecule has 1 unspecified atom stereocenters. The lowest BCUT2D eigenvalue weighted by molar-refractivity contribution is -0.384. The molecule has 1 amide bonds. The third-order valence-corrected chi connectivity index (χ3v) is 5.33. The molecular formula is C19H23N3O5S. The van der Waals surface area contributed by atoms with Crippen LogP contribution in [0, 0.1) is 10.1 Å². The van der Waals surface area contributed by atoms with Gasteiger partial charge in [-0.3, -0.25) is 14.9 Å². The van der Waals surface area contributed by atoms with Crippen molar-refractivity contribution in [2.45, 2.75) is 24.2 Å². The highest BCUT2D eigenvalue weighted by Gasteiger charge is 2.18. The number of amides is 1. The molecule has 0 aliphatic carbocycles. The average Bonchev–Trinajstić information content (AvgIpc) is 2.65. The van der Waals surface area contributed by atoms with E-state index in [9.17, 15) is 23.3 Å². The zero-order valence-electron chi connectivity index (χ0n) is 15.7. The zero-order chi connectivity index (χ0) is 20.7. The number of sulfone groups is 1. The van der Waals surface area contributed by atoms with Gasteiger partial charge in [-0.25, -0.2) is 8.42 Å². The summed E-state index contributed by atoms with van der Waals surface area (Å²) in [5.74, 6) is -0.0288. The van der Waals surface area contributed by atoms with Crippen molar-refractivity contribution >= 4 is 27.1 Å². The zero-order valence-corrected chi connectivity index (χ0v) is 16.5. The summed E-state index contributed by atoms with van der Waals surface area (Å²) in [6.45, 7) is 2.52. The number of carbonyl (C=O) groups is 1. The van der Waals surface area contributed by atoms with Gasteiger partial charge in [0.05, 0.1) is 9.82 Å². The van der Waals surface area contributed by atoms with Crippen LogP contribution in [-0.2, 0) is 14.6 Å². The number of hydrogen-bond acceptors (Lipinski definition) is 6. The largest absolute Gasteiger partial charge is 0.378 e. The van der Waals surface area contributed by atoms with Crippen molar-refractivity contribution in [1.82, 2.24) is 5.32 Å². The summed E-state index contributed by atoms with van der Waals surface area (Å²) in [5, 5.41) is 16.8. The van der Waals surface area contributed by atoms with E-state index in [2.05, 4.69) is 10.6 Å². The number of nitrogens with zero attached hydrogens (tertiary/aromatic N) is 1. The van der Waals surface area contributed by atoms with Gasteiger partial charge in [-0.05, 0) is 23.6 Å². The molecule has 0 fully saturated rings. The Morgan fingerprint density at radius 2 is 1.82 bits per heavy atom. The summed E-state index contributed by atoms with van der Waals surface area (Å²) in [4.78, 5) is 22.5. The van der Waals surface area contributed by atoms with Crippen LogP contribution in [0.3, 0.4) is 0 Å². The molecule has 2 rings (SSSR count). The smallest absolute Gasteiger partial charge is 0.293 e. The van der Waals surface area contributed by atoms with E-state index in [0.29, 0.717) is 6.42 Å². The monoisotopic (exact) mass is 405 g/mol. The van der Waals surface area contributed by atoms with Gasteiger partial charge >= 0.3 is 0 Å². The van der Waals surface area contributed by atoms with Gasteiger partial charge in [0.1, 0.15) is 5.69 Å². The third-order valence-electron chi connectivity index (χ3n) is 4.22. The van der Waals surface area contributed by atoms with Gasteiger partial charge in [-0.1, -0.05) is 37.3 Å². The lowest BCUT2D eigenvalue weighted by Crippen LogP contribution is -2.29. The molecule has 0 saturated heterocycles. The second kappa shape index (κ2) is 9.32. The Kier molecular flexibility index (Phi) is 7.11. The highest BCUT2D eigenvalue weighted by molar-refractivity contribution is 7.90. The van der Waals surface area contributed by atoms with Crippen molar-refractivity contribution in [1.29, 1.82) is 0 Å². The molecule has 2 aromatic rings. The molecule has 0 heterocycles. The van der Waals surface area contributed by atoms with Crippen LogP contribution in [0.25, 0.3) is 0 Å². The van der Waals surface area contributed by atoms with Crippen molar-refractivity contribution in [2.24, 2.45) is 0 Å². The fourth-order valence-electron chi connectivity index (χ4n) is 2.69. The number of anilines is 1. The highest BCUT2D eigenvalue weighted by atomic mass is 32.2. The first kappa shape index (κ1) is 21.4. The summed E-state index contributed by atoms with van der Waals surface area (Å²) in [6, 6.07) is 13.4. The SMILES string of the molecule is CC(CC(=O)NCCNc1ccc(S(C)(=O)=O)cc1[N+](=O)[O-])c1ccccc1. The minimum Gasteiger partial charge on any atom is -0.378 e. The first-order valence-corrected chi connectivity index (χ1v) is 10.6. The van der Waals surface area contributed by atoms with Gasteiger partial charge in [0.15, 0.2) is 9.84 Å². The van der Waals surface area contributed by atoms with Crippen molar-refractivity contribution in [3.8, 4) is 0 Å². The number of nitro benzene ring substituents is 1. The molecule has 0 aromatic heterocycles. The summed E-state index contributed by atoms with van der Waals surface area (Å²) >= 11 is 0. The van der Waals surface area contributed by atoms with Crippen LogP contribution < -0.4 is 10.6 Å². The predicted octanol–water partition coefficient (Wildman–Crippen LogP) is 2.72. The number of nitro groups is 1. The van der Waals surface area contributed by atoms with E-state index in [4.69, 9.17) is 0 Å². The molecular weight excluding hydrogens is 382 g/mol. The first-order valence-electron chi connectivity index (χ1n) is 8.72. The van der Waals surface area contributed by atoms with Gasteiger partial charge in [-0.15, -0.1) is 0 Å². The first-order chi connectivity index (χ1) is 13.2. The minimum absolute atomic E-state index is 0.0822. The third kappa shape index (κ3) is 6.05. The minimum atomic E-state index is -3.54. The molecule has 9 heteroatoms. The van der Waals surface area contributed by atoms with Crippen molar-refractivity contribution in [2.75, 3.05) is 24.7 Å². The Morgan fingerprint density at radius 3 is 2.43 bits per heavy atom. The molecule has 0 aliphatic heterocycles. The van der Waals surface area contributed by atoms with Crippen LogP contribution in [0.2, 0.25) is 0 Å². The second-order valence-electron chi connectivity index (χ2n) is 6.50. The van der Waals surface area contributed by atoms with Crippen LogP contribution in [-0.4, -0.2) is 38.6 Å². The molecule has 2 aromatic carbocycles. The van der Waals surface area contributed by atoms with Crippen molar-refractivity contribution in [3.63, 3.8) is 0 Å². The van der Waals surface area contributed by atoms with Crippen LogP contribution in [0.5, 0.6) is 0 Å². The Bertz CT molecular complexity index is 945. The van der Waals surface area contributed by atoms with Crippen molar-refractivity contribution in [3.05, 3.63) is 64.2 Å². The Morgan fingerprint density at radius 1 is 1.14 bits per heavy atom. The number of hydrogen-bond donors (Lipinski definition) is 2. The fourth-order valence-corrected chi connectivity index (χ4v) is 3.33. The molecule has 2 N–H and O–H groups in total. The molecule has 0 radical (unpaired) electrons. The van der Waals surface area contributed by atoms with Crippen molar-refractivity contribution < 1.29 is 18.1 Å². The molecule has 0 spiro atoms. The van der Waals surface area contributed by atoms with Gasteiger partial charge in [-0.2, -0.15) is 0 Å². The number of carbonyl (C=O) groups excluding carboxylic acids is 1. The standard InChI is InChI=1S/C19H23N3O5S/c1-14(15-6-4-3-5-7-15)12-19(23)21-11-10-20-17-9-8-16(28(2,26)27)13-18(17)22(24)25/h3-9,13-14,20H,10-12H2,1-2H3,(H,21,23). The maximum atomic E-state index is 12.1. The molecule has 8 nitrogen and oxygen atoms in total. The quantitative estimate of drug-likeness (QED) is 0.376. The molecule has 0 bridgehead atoms.